The van der Waals surface area contributed by atoms with E-state index in [1.165, 1.54) is 23.1 Å². The quantitative estimate of drug-likeness (QED) is 0.585. The second-order valence-corrected chi connectivity index (χ2v) is 8.46. The Bertz CT molecular complexity index is 1000. The number of carbonyl (C=O) groups is 2. The summed E-state index contributed by atoms with van der Waals surface area (Å²) >= 11 is 2.73. The molecule has 1 heterocycles. The number of amides is 2. The Labute approximate surface area is 172 Å². The lowest BCUT2D eigenvalue weighted by molar-refractivity contribution is -0.118. The Balaban J connectivity index is 1.89. The predicted molar refractivity (Wildman–Crippen MR) is 116 cm³/mol. The van der Waals surface area contributed by atoms with Crippen LogP contribution in [-0.2, 0) is 4.79 Å². The molecule has 0 aliphatic rings. The minimum Gasteiger partial charge on any atom is -0.358 e. The van der Waals surface area contributed by atoms with E-state index in [-0.39, 0.29) is 17.6 Å². The number of aryl methyl sites for hydroxylation is 2. The Hall–Kier alpha value is -2.64. The number of nitrogens with one attached hydrogen (secondary N) is 2. The van der Waals surface area contributed by atoms with Crippen LogP contribution in [-0.4, -0.2) is 29.6 Å². The lowest BCUT2D eigenvalue weighted by Gasteiger charge is -2.07. The van der Waals surface area contributed by atoms with Gasteiger partial charge in [-0.2, -0.15) is 0 Å². The van der Waals surface area contributed by atoms with Gasteiger partial charge in [0.1, 0.15) is 10.7 Å². The Morgan fingerprint density at radius 3 is 2.50 bits per heavy atom. The summed E-state index contributed by atoms with van der Waals surface area (Å²) in [4.78, 5) is 29.0. The molecule has 2 N–H and O–H groups in total. The van der Waals surface area contributed by atoms with Gasteiger partial charge in [0.05, 0.1) is 5.75 Å². The van der Waals surface area contributed by atoms with Gasteiger partial charge in [-0.25, -0.2) is 4.98 Å². The molecule has 0 aliphatic heterocycles. The first-order chi connectivity index (χ1) is 13.5. The molecule has 2 amide bonds. The molecule has 7 heteroatoms. The monoisotopic (exact) mass is 411 g/mol. The summed E-state index contributed by atoms with van der Waals surface area (Å²) in [7, 11) is 1.61. The van der Waals surface area contributed by atoms with Crippen LogP contribution in [0, 0.1) is 13.8 Å². The second kappa shape index (κ2) is 9.03. The van der Waals surface area contributed by atoms with Crippen LogP contribution in [0.2, 0.25) is 0 Å². The zero-order chi connectivity index (χ0) is 20.1. The maximum absolute atomic E-state index is 12.8. The number of rotatable bonds is 6. The van der Waals surface area contributed by atoms with Crippen molar-refractivity contribution in [2.75, 3.05) is 18.1 Å². The highest BCUT2D eigenvalue weighted by molar-refractivity contribution is 8.01. The first kappa shape index (κ1) is 20.1. The van der Waals surface area contributed by atoms with Gasteiger partial charge in [0.25, 0.3) is 5.91 Å². The standard InChI is InChI=1S/C21H21N3O2S2/c1-13-9-10-16(11-14(13)2)19(26)24-20-18(15-7-5-4-6-8-15)23-21(28-20)27-12-17(25)22-3/h4-11H,12H2,1-3H3,(H,22,25)(H,24,26). The first-order valence-electron chi connectivity index (χ1n) is 8.76. The molecule has 28 heavy (non-hydrogen) atoms. The molecule has 1 aromatic heterocycles. The van der Waals surface area contributed by atoms with Crippen LogP contribution in [0.5, 0.6) is 0 Å². The summed E-state index contributed by atoms with van der Waals surface area (Å²) in [6.45, 7) is 4.01. The molecule has 0 radical (unpaired) electrons. The number of carbonyl (C=O) groups excluding carboxylic acids is 2. The Morgan fingerprint density at radius 1 is 1.07 bits per heavy atom. The third-order valence-corrected chi connectivity index (χ3v) is 6.37. The molecular formula is C21H21N3O2S2. The van der Waals surface area contributed by atoms with Crippen LogP contribution in [0.3, 0.4) is 0 Å². The van der Waals surface area contributed by atoms with Crippen LogP contribution in [0.1, 0.15) is 21.5 Å². The fourth-order valence-corrected chi connectivity index (χ4v) is 4.43. The second-order valence-electron chi connectivity index (χ2n) is 6.24. The molecule has 0 bridgehead atoms. The average molecular weight is 412 g/mol. The summed E-state index contributed by atoms with van der Waals surface area (Å²) in [6.07, 6.45) is 0. The number of thioether (sulfide) groups is 1. The Morgan fingerprint density at radius 2 is 1.82 bits per heavy atom. The van der Waals surface area contributed by atoms with E-state index in [0.717, 1.165) is 21.0 Å². The molecule has 2 aromatic carbocycles. The molecule has 0 spiro atoms. The number of anilines is 1. The molecule has 3 aromatic rings. The minimum atomic E-state index is -0.174. The number of thiazole rings is 1. The number of hydrogen-bond acceptors (Lipinski definition) is 5. The Kier molecular flexibility index (Phi) is 6.49. The topological polar surface area (TPSA) is 71.1 Å². The van der Waals surface area contributed by atoms with Crippen LogP contribution >= 0.6 is 23.1 Å². The fraction of sp³-hybridized carbons (Fsp3) is 0.190. The number of benzene rings is 2. The maximum atomic E-state index is 12.8. The van der Waals surface area contributed by atoms with Crippen molar-refractivity contribution >= 4 is 39.9 Å². The average Bonchev–Trinajstić information content (AvgIpc) is 3.11. The van der Waals surface area contributed by atoms with Crippen molar-refractivity contribution in [1.29, 1.82) is 0 Å². The van der Waals surface area contributed by atoms with E-state index in [0.29, 0.717) is 16.3 Å². The first-order valence-corrected chi connectivity index (χ1v) is 10.6. The summed E-state index contributed by atoms with van der Waals surface area (Å²) in [6, 6.07) is 15.4. The van der Waals surface area contributed by atoms with Crippen molar-refractivity contribution in [2.24, 2.45) is 0 Å². The van der Waals surface area contributed by atoms with Gasteiger partial charge in [-0.3, -0.25) is 9.59 Å². The van der Waals surface area contributed by atoms with Gasteiger partial charge in [0, 0.05) is 18.2 Å². The third-order valence-electron chi connectivity index (χ3n) is 4.26. The van der Waals surface area contributed by atoms with Gasteiger partial charge in [0.15, 0.2) is 4.34 Å². The summed E-state index contributed by atoms with van der Waals surface area (Å²) < 4.78 is 0.734. The number of aromatic nitrogens is 1. The maximum Gasteiger partial charge on any atom is 0.256 e. The highest BCUT2D eigenvalue weighted by atomic mass is 32.2. The zero-order valence-corrected chi connectivity index (χ0v) is 17.5. The summed E-state index contributed by atoms with van der Waals surface area (Å²) in [5, 5.41) is 6.27. The van der Waals surface area contributed by atoms with E-state index in [9.17, 15) is 9.59 Å². The van der Waals surface area contributed by atoms with E-state index in [1.54, 1.807) is 7.05 Å². The minimum absolute atomic E-state index is 0.0674. The third kappa shape index (κ3) is 4.79. The van der Waals surface area contributed by atoms with Crippen LogP contribution in [0.4, 0.5) is 5.00 Å². The van der Waals surface area contributed by atoms with Crippen LogP contribution in [0.15, 0.2) is 52.9 Å². The molecule has 3 rings (SSSR count). The van der Waals surface area contributed by atoms with Gasteiger partial charge in [-0.15, -0.1) is 0 Å². The van der Waals surface area contributed by atoms with Gasteiger partial charge in [-0.1, -0.05) is 59.5 Å². The SMILES string of the molecule is CNC(=O)CSc1nc(-c2ccccc2)c(NC(=O)c2ccc(C)c(C)c2)s1. The number of nitrogens with zero attached hydrogens (tertiary/aromatic N) is 1. The number of hydrogen-bond donors (Lipinski definition) is 2. The van der Waals surface area contributed by atoms with Crippen molar-refractivity contribution in [3.05, 3.63) is 65.2 Å². The van der Waals surface area contributed by atoms with E-state index in [4.69, 9.17) is 0 Å². The van der Waals surface area contributed by atoms with Gasteiger partial charge < -0.3 is 10.6 Å². The fourth-order valence-electron chi connectivity index (χ4n) is 2.50. The van der Waals surface area contributed by atoms with Crippen molar-refractivity contribution in [1.82, 2.24) is 10.3 Å². The normalized spacial score (nSPS) is 10.5. The highest BCUT2D eigenvalue weighted by Crippen LogP contribution is 2.37. The van der Waals surface area contributed by atoms with Gasteiger partial charge >= 0.3 is 0 Å². The van der Waals surface area contributed by atoms with Crippen LogP contribution in [0.25, 0.3) is 11.3 Å². The van der Waals surface area contributed by atoms with Gasteiger partial charge in [-0.05, 0) is 37.1 Å². The largest absolute Gasteiger partial charge is 0.358 e. The molecule has 0 aliphatic carbocycles. The predicted octanol–water partition coefficient (Wildman–Crippen LogP) is 4.52. The van der Waals surface area contributed by atoms with E-state index >= 15 is 0 Å². The van der Waals surface area contributed by atoms with E-state index < -0.39 is 0 Å². The lowest BCUT2D eigenvalue weighted by atomic mass is 10.1. The van der Waals surface area contributed by atoms with Crippen molar-refractivity contribution in [2.45, 2.75) is 18.2 Å². The van der Waals surface area contributed by atoms with E-state index in [1.807, 2.05) is 62.4 Å². The van der Waals surface area contributed by atoms with Crippen molar-refractivity contribution in [3.63, 3.8) is 0 Å². The van der Waals surface area contributed by atoms with Crippen molar-refractivity contribution < 1.29 is 9.59 Å². The molecule has 144 valence electrons. The van der Waals surface area contributed by atoms with Crippen LogP contribution < -0.4 is 10.6 Å². The molecular weight excluding hydrogens is 390 g/mol. The summed E-state index contributed by atoms with van der Waals surface area (Å²) in [5.41, 5.74) is 4.45. The molecule has 0 unspecified atom stereocenters. The highest BCUT2D eigenvalue weighted by Gasteiger charge is 2.17. The lowest BCUT2D eigenvalue weighted by Crippen LogP contribution is -2.19. The molecule has 0 fully saturated rings. The van der Waals surface area contributed by atoms with E-state index in [2.05, 4.69) is 15.6 Å². The smallest absolute Gasteiger partial charge is 0.256 e. The molecule has 0 atom stereocenters. The summed E-state index contributed by atoms with van der Waals surface area (Å²) in [5.74, 6) is 0.0388. The van der Waals surface area contributed by atoms with Gasteiger partial charge in [0.2, 0.25) is 5.91 Å². The zero-order valence-electron chi connectivity index (χ0n) is 15.9. The molecule has 5 nitrogen and oxygen atoms in total. The molecule has 0 saturated heterocycles. The van der Waals surface area contributed by atoms with Crippen molar-refractivity contribution in [3.8, 4) is 11.3 Å². The molecule has 0 saturated carbocycles.